The molecule has 0 radical (unpaired) electrons. The van der Waals surface area contributed by atoms with E-state index in [2.05, 4.69) is 13.8 Å². The van der Waals surface area contributed by atoms with E-state index in [1.165, 1.54) is 19.3 Å². The normalized spacial score (nSPS) is 8.40. The Hall–Kier alpha value is 0. The second-order valence-corrected chi connectivity index (χ2v) is 1.35. The molecule has 0 atom stereocenters. The Balaban J connectivity index is 2.19. The van der Waals surface area contributed by atoms with Crippen LogP contribution in [0, 0.1) is 0 Å². The van der Waals surface area contributed by atoms with Crippen molar-refractivity contribution in [1.29, 1.82) is 0 Å². The summed E-state index contributed by atoms with van der Waals surface area (Å²) in [6.45, 7) is 4.42. The van der Waals surface area contributed by atoms with E-state index >= 15 is 0 Å². The lowest BCUT2D eigenvalue weighted by atomic mass is 10.1. The van der Waals surface area contributed by atoms with Gasteiger partial charge in [-0.05, 0) is 0 Å². The van der Waals surface area contributed by atoms with Crippen LogP contribution in [0.25, 0.3) is 0 Å². The Morgan fingerprint density at radius 3 is 1.40 bits per heavy atom. The molecule has 0 rings (SSSR count). The Kier molecular flexibility index (Phi) is 4.00. The van der Waals surface area contributed by atoms with Gasteiger partial charge in [0.15, 0.2) is 0 Å². The van der Waals surface area contributed by atoms with Crippen molar-refractivity contribution in [2.75, 3.05) is 0 Å². The first-order chi connectivity index (χ1) is 2.41. The van der Waals surface area contributed by atoms with Gasteiger partial charge >= 0.3 is 0 Å². The number of hydrogen-bond donors (Lipinski definition) is 0. The van der Waals surface area contributed by atoms with E-state index in [0.29, 0.717) is 0 Å². The van der Waals surface area contributed by atoms with Gasteiger partial charge in [0, 0.05) is 0 Å². The lowest BCUT2D eigenvalue weighted by molar-refractivity contribution is 0.772. The second kappa shape index (κ2) is 4.00. The summed E-state index contributed by atoms with van der Waals surface area (Å²) in [5.74, 6) is 0. The fourth-order valence-electron chi connectivity index (χ4n) is 0.354. The molecule has 0 saturated heterocycles. The highest BCUT2D eigenvalue weighted by molar-refractivity contribution is 4.24. The molecule has 0 heterocycles. The zero-order valence-electron chi connectivity index (χ0n) is 4.12. The van der Waals surface area contributed by atoms with E-state index in [0.717, 1.165) is 0 Å². The fraction of sp³-hybridized carbons (Fsp3) is 1.00. The van der Waals surface area contributed by atoms with Gasteiger partial charge in [-0.25, -0.2) is 0 Å². The van der Waals surface area contributed by atoms with Gasteiger partial charge in [0.2, 0.25) is 0 Å². The highest BCUT2D eigenvalue weighted by Crippen LogP contribution is 1.88. The average molecular weight is 71.2 g/mol. The molecule has 0 aliphatic rings. The molecule has 0 amide bonds. The van der Waals surface area contributed by atoms with Crippen LogP contribution in [0.2, 0.25) is 0 Å². The topological polar surface area (TPSA) is 0 Å². The highest BCUT2D eigenvalue weighted by Gasteiger charge is 1.68. The zero-order valence-corrected chi connectivity index (χ0v) is 4.12. The van der Waals surface area contributed by atoms with Crippen molar-refractivity contribution in [1.82, 2.24) is 0 Å². The molecule has 5 heavy (non-hydrogen) atoms. The van der Waals surface area contributed by atoms with Gasteiger partial charge in [0.25, 0.3) is 0 Å². The number of hydrogen-bond acceptors (Lipinski definition) is 0. The van der Waals surface area contributed by atoms with Gasteiger partial charge in [-0.1, -0.05) is 33.1 Å². The number of unbranched alkanes of at least 4 members (excludes halogenated alkanes) is 2. The first-order valence-electron chi connectivity index (χ1n) is 2.41. The average Bonchev–Trinajstić information content (AvgIpc) is 1.41. The molecule has 0 aliphatic carbocycles. The minimum Gasteiger partial charge on any atom is -0.0654 e. The summed E-state index contributed by atoms with van der Waals surface area (Å²) < 4.78 is 0. The third-order valence-corrected chi connectivity index (χ3v) is 0.707. The van der Waals surface area contributed by atoms with Crippen LogP contribution in [0.1, 0.15) is 33.1 Å². The van der Waals surface area contributed by atoms with E-state index in [1.54, 1.807) is 0 Å². The van der Waals surface area contributed by atoms with Gasteiger partial charge in [-0.3, -0.25) is 0 Å². The van der Waals surface area contributed by atoms with Crippen molar-refractivity contribution < 1.29 is 0 Å². The monoisotopic (exact) mass is 71.1 g/mol. The minimum atomic E-state index is 1.34. The number of rotatable bonds is 2. The van der Waals surface area contributed by atoms with Crippen molar-refractivity contribution in [2.45, 2.75) is 33.1 Å². The van der Waals surface area contributed by atoms with Gasteiger partial charge in [0.1, 0.15) is 0 Å². The molecule has 0 fully saturated rings. The predicted octanol–water partition coefficient (Wildman–Crippen LogP) is 2.20. The summed E-state index contributed by atoms with van der Waals surface area (Å²) in [6, 6.07) is 0. The van der Waals surface area contributed by atoms with Crippen LogP contribution < -0.4 is 0 Å². The predicted molar refractivity (Wildman–Crippen MR) is 25.2 cm³/mol. The van der Waals surface area contributed by atoms with Crippen molar-refractivity contribution in [3.05, 3.63) is 0 Å². The first kappa shape index (κ1) is 5.00. The zero-order chi connectivity index (χ0) is 4.12. The van der Waals surface area contributed by atoms with E-state index in [4.69, 9.17) is 0 Å². The van der Waals surface area contributed by atoms with Crippen LogP contribution in [0.3, 0.4) is 0 Å². The first-order valence-corrected chi connectivity index (χ1v) is 2.41. The van der Waals surface area contributed by atoms with Crippen molar-refractivity contribution in [3.63, 3.8) is 0 Å². The van der Waals surface area contributed by atoms with Gasteiger partial charge in [0.05, 0.1) is 0 Å². The lowest BCUT2D eigenvalue weighted by Gasteiger charge is -1.79. The molecular formula is C5H12. The van der Waals surface area contributed by atoms with E-state index < -0.39 is 0 Å². The van der Waals surface area contributed by atoms with Crippen LogP contribution in [0.15, 0.2) is 0 Å². The lowest BCUT2D eigenvalue weighted by Crippen LogP contribution is -1.59. The highest BCUT2D eigenvalue weighted by atomic mass is 13.7. The molecule has 0 nitrogen and oxygen atoms in total. The molecule has 0 saturated carbocycles. The third-order valence-electron chi connectivity index (χ3n) is 0.707. The Bertz CT molecular complexity index is 7.51. The summed E-state index contributed by atoms with van der Waals surface area (Å²) in [5, 5.41) is 0. The van der Waals surface area contributed by atoms with Crippen LogP contribution >= 0.6 is 0 Å². The summed E-state index contributed by atoms with van der Waals surface area (Å²) in [6.07, 6.45) is 4.08. The summed E-state index contributed by atoms with van der Waals surface area (Å²) in [7, 11) is 0. The Morgan fingerprint density at radius 1 is 1.00 bits per heavy atom. The standard InChI is InChI=1S/C5H12/c1-3-5-4-2/h3-5H2,1-2H3/i1-1. The fourth-order valence-corrected chi connectivity index (χ4v) is 0.354. The molecule has 0 aromatic rings. The van der Waals surface area contributed by atoms with E-state index in [9.17, 15) is 0 Å². The second-order valence-electron chi connectivity index (χ2n) is 1.35. The molecule has 0 spiro atoms. The summed E-state index contributed by atoms with van der Waals surface area (Å²) in [5.41, 5.74) is 0. The van der Waals surface area contributed by atoms with Crippen molar-refractivity contribution in [2.24, 2.45) is 0 Å². The molecule has 0 N–H and O–H groups in total. The van der Waals surface area contributed by atoms with Gasteiger partial charge in [-0.15, -0.1) is 0 Å². The molecular weight excluding hydrogens is 59.1 g/mol. The minimum absolute atomic E-state index is 1.34. The molecule has 0 heteroatoms. The quantitative estimate of drug-likeness (QED) is 0.468. The molecule has 0 aromatic carbocycles. The smallest absolute Gasteiger partial charge is 0.0538 e. The largest absolute Gasteiger partial charge is 0.0654 e. The SMILES string of the molecule is CCCC[11CH3]. The van der Waals surface area contributed by atoms with E-state index in [1.807, 2.05) is 0 Å². The van der Waals surface area contributed by atoms with Crippen LogP contribution in [-0.4, -0.2) is 0 Å². The molecule has 0 unspecified atom stereocenters. The van der Waals surface area contributed by atoms with Crippen molar-refractivity contribution in [3.8, 4) is 0 Å². The molecule has 0 bridgehead atoms. The molecule has 32 valence electrons. The summed E-state index contributed by atoms with van der Waals surface area (Å²) >= 11 is 0. The van der Waals surface area contributed by atoms with Crippen LogP contribution in [0.5, 0.6) is 0 Å². The summed E-state index contributed by atoms with van der Waals surface area (Å²) in [4.78, 5) is 0. The maximum absolute atomic E-state index is 2.21. The van der Waals surface area contributed by atoms with E-state index in [-0.39, 0.29) is 0 Å². The van der Waals surface area contributed by atoms with Gasteiger partial charge < -0.3 is 0 Å². The van der Waals surface area contributed by atoms with Crippen molar-refractivity contribution >= 4 is 0 Å². The Labute approximate surface area is 34.2 Å². The third kappa shape index (κ3) is 4.00. The van der Waals surface area contributed by atoms with Crippen LogP contribution in [0.4, 0.5) is 0 Å². The van der Waals surface area contributed by atoms with Gasteiger partial charge in [-0.2, -0.15) is 0 Å². The van der Waals surface area contributed by atoms with Crippen LogP contribution in [-0.2, 0) is 0 Å². The maximum atomic E-state index is 2.21. The molecule has 0 aliphatic heterocycles. The Morgan fingerprint density at radius 2 is 1.40 bits per heavy atom. The maximum Gasteiger partial charge on any atom is -0.0538 e. The molecule has 0 aromatic heterocycles.